The molecule has 1 aliphatic rings. The number of nitro benzene ring substituents is 1. The smallest absolute Gasteiger partial charge is 0.324 e. The highest BCUT2D eigenvalue weighted by Crippen LogP contribution is 2.38. The number of aliphatic imine (C=N–C) groups is 1. The number of non-ortho nitro benzene ring substituents is 1. The van der Waals surface area contributed by atoms with E-state index in [-0.39, 0.29) is 11.4 Å². The summed E-state index contributed by atoms with van der Waals surface area (Å²) >= 11 is 0. The highest BCUT2D eigenvalue weighted by Gasteiger charge is 2.36. The van der Waals surface area contributed by atoms with E-state index in [1.807, 2.05) is 0 Å². The summed E-state index contributed by atoms with van der Waals surface area (Å²) in [7, 11) is -3.85. The first-order valence-electron chi connectivity index (χ1n) is 10.6. The zero-order chi connectivity index (χ0) is 26.0. The summed E-state index contributed by atoms with van der Waals surface area (Å²) in [4.78, 5) is 39.6. The van der Waals surface area contributed by atoms with Crippen molar-refractivity contribution in [3.8, 4) is 0 Å². The van der Waals surface area contributed by atoms with Gasteiger partial charge in [-0.15, -0.1) is 0 Å². The number of amides is 1. The molecule has 2 N–H and O–H groups in total. The number of benzene rings is 3. The lowest BCUT2D eigenvalue weighted by Gasteiger charge is -2.20. The molecule has 11 nitrogen and oxygen atoms in total. The maximum absolute atomic E-state index is 13.0. The molecular weight excluding hydrogens is 488 g/mol. The van der Waals surface area contributed by atoms with E-state index in [2.05, 4.69) is 10.3 Å². The molecule has 3 aromatic rings. The topological polar surface area (TPSA) is 159 Å². The Bertz CT molecular complexity index is 1490. The fraction of sp³-hybridized carbons (Fsp3) is 0.125. The highest BCUT2D eigenvalue weighted by atomic mass is 32.2. The Kier molecular flexibility index (Phi) is 6.53. The number of rotatable bonds is 8. The molecule has 1 atom stereocenters. The van der Waals surface area contributed by atoms with Gasteiger partial charge in [0.1, 0.15) is 12.5 Å². The number of anilines is 2. The summed E-state index contributed by atoms with van der Waals surface area (Å²) in [5, 5.41) is 23.1. The molecule has 1 heterocycles. The normalized spacial score (nSPS) is 15.2. The van der Waals surface area contributed by atoms with Gasteiger partial charge in [-0.1, -0.05) is 30.3 Å². The van der Waals surface area contributed by atoms with Crippen molar-refractivity contribution in [2.75, 3.05) is 22.4 Å². The molecule has 0 aliphatic carbocycles. The lowest BCUT2D eigenvalue weighted by atomic mass is 9.90. The number of sulfonamides is 1. The summed E-state index contributed by atoms with van der Waals surface area (Å²) in [6, 6.07) is 18.8. The second kappa shape index (κ2) is 9.58. The fourth-order valence-electron chi connectivity index (χ4n) is 3.89. The third-order valence-corrected chi connectivity index (χ3v) is 6.63. The van der Waals surface area contributed by atoms with E-state index < -0.39 is 39.3 Å². The number of carbonyl (C=O) groups excluding carboxylic acids is 1. The molecule has 1 amide bonds. The highest BCUT2D eigenvalue weighted by molar-refractivity contribution is 7.92. The maximum Gasteiger partial charge on any atom is 0.324 e. The van der Waals surface area contributed by atoms with Gasteiger partial charge in [0.25, 0.3) is 5.69 Å². The summed E-state index contributed by atoms with van der Waals surface area (Å²) in [5.74, 6) is -2.63. The molecule has 0 saturated carbocycles. The zero-order valence-electron chi connectivity index (χ0n) is 18.9. The molecule has 1 unspecified atom stereocenters. The number of carboxylic acids is 1. The van der Waals surface area contributed by atoms with Crippen LogP contribution in [-0.2, 0) is 19.6 Å². The molecule has 1 aliphatic heterocycles. The average Bonchev–Trinajstić information content (AvgIpc) is 3.16. The minimum Gasteiger partial charge on any atom is -0.480 e. The Hall–Kier alpha value is -4.58. The third-order valence-electron chi connectivity index (χ3n) is 5.49. The quantitative estimate of drug-likeness (QED) is 0.268. The number of fused-ring (bicyclic) bond motifs is 1. The second-order valence-electron chi connectivity index (χ2n) is 7.99. The molecule has 0 spiro atoms. The summed E-state index contributed by atoms with van der Waals surface area (Å²) in [5.41, 5.74) is 2.17. The van der Waals surface area contributed by atoms with Crippen LogP contribution in [0, 0.1) is 10.1 Å². The average molecular weight is 509 g/mol. The lowest BCUT2D eigenvalue weighted by molar-refractivity contribution is -0.384. The van der Waals surface area contributed by atoms with Crippen molar-refractivity contribution >= 4 is 50.4 Å². The van der Waals surface area contributed by atoms with Crippen molar-refractivity contribution in [2.24, 2.45) is 4.99 Å². The summed E-state index contributed by atoms with van der Waals surface area (Å²) in [6.45, 7) is -0.742. The molecule has 184 valence electrons. The molecule has 3 aromatic carbocycles. The van der Waals surface area contributed by atoms with Crippen LogP contribution < -0.4 is 9.62 Å². The Morgan fingerprint density at radius 3 is 2.36 bits per heavy atom. The molecular formula is C24H20N4O7S. The monoisotopic (exact) mass is 508 g/mol. The molecule has 0 saturated heterocycles. The van der Waals surface area contributed by atoms with Crippen molar-refractivity contribution in [3.63, 3.8) is 0 Å². The van der Waals surface area contributed by atoms with Crippen molar-refractivity contribution in [3.05, 3.63) is 94.0 Å². The van der Waals surface area contributed by atoms with Crippen LogP contribution in [-0.4, -0.2) is 48.8 Å². The predicted molar refractivity (Wildman–Crippen MR) is 133 cm³/mol. The number of aliphatic carboxylic acids is 1. The van der Waals surface area contributed by atoms with Crippen LogP contribution in [0.4, 0.5) is 22.7 Å². The van der Waals surface area contributed by atoms with Gasteiger partial charge in [-0.2, -0.15) is 0 Å². The van der Waals surface area contributed by atoms with Gasteiger partial charge < -0.3 is 10.4 Å². The number of nitro groups is 1. The van der Waals surface area contributed by atoms with E-state index in [1.54, 1.807) is 30.3 Å². The first-order chi connectivity index (χ1) is 17.0. The molecule has 12 heteroatoms. The van der Waals surface area contributed by atoms with Crippen molar-refractivity contribution in [1.29, 1.82) is 0 Å². The fourth-order valence-corrected chi connectivity index (χ4v) is 4.74. The van der Waals surface area contributed by atoms with E-state index in [4.69, 9.17) is 5.11 Å². The van der Waals surface area contributed by atoms with Crippen LogP contribution in [0.5, 0.6) is 0 Å². The van der Waals surface area contributed by atoms with Crippen LogP contribution in [0.2, 0.25) is 0 Å². The van der Waals surface area contributed by atoms with E-state index in [1.165, 1.54) is 42.5 Å². The number of hydrogen-bond donors (Lipinski definition) is 2. The van der Waals surface area contributed by atoms with E-state index in [9.17, 15) is 28.1 Å². The van der Waals surface area contributed by atoms with Gasteiger partial charge in [-0.05, 0) is 35.9 Å². The summed E-state index contributed by atoms with van der Waals surface area (Å²) in [6.07, 6.45) is 0.908. The molecule has 4 rings (SSSR count). The minimum absolute atomic E-state index is 0.139. The third kappa shape index (κ3) is 5.08. The van der Waals surface area contributed by atoms with Gasteiger partial charge in [0.05, 0.1) is 28.3 Å². The predicted octanol–water partition coefficient (Wildman–Crippen LogP) is 3.30. The van der Waals surface area contributed by atoms with Crippen molar-refractivity contribution < 1.29 is 28.0 Å². The molecule has 36 heavy (non-hydrogen) atoms. The SMILES string of the molecule is CS(=O)(=O)N(CC(=O)O)c1ccc(N=C(c2ccccc2)C2C(=O)Nc3ccc([N+](=O)[O-])cc32)cc1. The standard InChI is InChI=1S/C24H20N4O7S/c1-36(34,35)27(14-21(29)30)17-9-7-16(8-10-17)25-23(15-5-3-2-4-6-15)22-19-13-18(28(32)33)11-12-20(19)26-24(22)31/h2-13,22H,14H2,1H3,(H,26,31)(H,29,30). The number of nitrogens with one attached hydrogen (secondary N) is 1. The summed E-state index contributed by atoms with van der Waals surface area (Å²) < 4.78 is 24.9. The number of hydrogen-bond acceptors (Lipinski definition) is 7. The Labute approximate surface area is 205 Å². The van der Waals surface area contributed by atoms with Crippen molar-refractivity contribution in [1.82, 2.24) is 0 Å². The van der Waals surface area contributed by atoms with Crippen LogP contribution in [0.25, 0.3) is 0 Å². The molecule has 0 aromatic heterocycles. The van der Waals surface area contributed by atoms with E-state index in [0.29, 0.717) is 28.2 Å². The van der Waals surface area contributed by atoms with Crippen molar-refractivity contribution in [2.45, 2.75) is 5.92 Å². The first-order valence-corrected chi connectivity index (χ1v) is 12.4. The van der Waals surface area contributed by atoms with E-state index in [0.717, 1.165) is 10.6 Å². The Morgan fingerprint density at radius 1 is 1.11 bits per heavy atom. The number of carboxylic acid groups (broad SMARTS) is 1. The minimum atomic E-state index is -3.85. The van der Waals surface area contributed by atoms with Gasteiger partial charge in [0.15, 0.2) is 0 Å². The van der Waals surface area contributed by atoms with E-state index >= 15 is 0 Å². The van der Waals surface area contributed by atoms with Gasteiger partial charge in [-0.3, -0.25) is 29.0 Å². The second-order valence-corrected chi connectivity index (χ2v) is 9.90. The molecule has 0 bridgehead atoms. The van der Waals surface area contributed by atoms with Gasteiger partial charge in [0, 0.05) is 23.4 Å². The lowest BCUT2D eigenvalue weighted by Crippen LogP contribution is -2.34. The zero-order valence-corrected chi connectivity index (χ0v) is 19.7. The van der Waals surface area contributed by atoms with Crippen LogP contribution >= 0.6 is 0 Å². The van der Waals surface area contributed by atoms with Crippen LogP contribution in [0.1, 0.15) is 17.0 Å². The maximum atomic E-state index is 13.0. The largest absolute Gasteiger partial charge is 0.480 e. The van der Waals surface area contributed by atoms with Crippen LogP contribution in [0.3, 0.4) is 0 Å². The molecule has 0 radical (unpaired) electrons. The first kappa shape index (κ1) is 24.5. The van der Waals surface area contributed by atoms with Gasteiger partial charge in [0.2, 0.25) is 15.9 Å². The van der Waals surface area contributed by atoms with Gasteiger partial charge in [-0.25, -0.2) is 8.42 Å². The van der Waals surface area contributed by atoms with Crippen LogP contribution in [0.15, 0.2) is 77.8 Å². The Morgan fingerprint density at radius 2 is 1.78 bits per heavy atom. The van der Waals surface area contributed by atoms with Gasteiger partial charge >= 0.3 is 5.97 Å². The number of nitrogens with zero attached hydrogens (tertiary/aromatic N) is 3. The molecule has 0 fully saturated rings. The Balaban J connectivity index is 1.80. The number of carbonyl (C=O) groups is 2.